The maximum Gasteiger partial charge on any atom is 0.257 e. The number of ketones is 1. The number of nitrogens with one attached hydrogen (secondary N) is 1. The highest BCUT2D eigenvalue weighted by molar-refractivity contribution is 6.07. The Bertz CT molecular complexity index is 1200. The lowest BCUT2D eigenvalue weighted by Crippen LogP contribution is -2.15. The van der Waals surface area contributed by atoms with Gasteiger partial charge >= 0.3 is 0 Å². The first-order chi connectivity index (χ1) is 15.0. The number of pyridine rings is 1. The van der Waals surface area contributed by atoms with Crippen LogP contribution >= 0.6 is 0 Å². The minimum Gasteiger partial charge on any atom is -0.331 e. The molecule has 1 amide bonds. The number of imidazole rings is 1. The molecule has 0 saturated carbocycles. The molecule has 2 aromatic carbocycles. The highest BCUT2D eigenvalue weighted by atomic mass is 16.1. The zero-order chi connectivity index (χ0) is 21.8. The summed E-state index contributed by atoms with van der Waals surface area (Å²) in [6, 6.07) is 20.1. The van der Waals surface area contributed by atoms with Gasteiger partial charge in [-0.25, -0.2) is 9.97 Å². The highest BCUT2D eigenvalue weighted by Crippen LogP contribution is 2.21. The molecule has 0 spiro atoms. The van der Waals surface area contributed by atoms with Crippen LogP contribution in [0, 0.1) is 0 Å². The van der Waals surface area contributed by atoms with Crippen molar-refractivity contribution in [1.82, 2.24) is 14.5 Å². The van der Waals surface area contributed by atoms with E-state index in [0.717, 1.165) is 11.5 Å². The molecule has 154 valence electrons. The lowest BCUT2D eigenvalue weighted by Gasteiger charge is -2.18. The monoisotopic (exact) mass is 411 g/mol. The molecular formula is C24H21N5O2. The molecule has 0 aliphatic heterocycles. The first kappa shape index (κ1) is 20.0. The van der Waals surface area contributed by atoms with Crippen LogP contribution < -0.4 is 10.2 Å². The lowest BCUT2D eigenvalue weighted by molar-refractivity contribution is 0.102. The van der Waals surface area contributed by atoms with Crippen LogP contribution in [0.4, 0.5) is 17.2 Å². The van der Waals surface area contributed by atoms with Crippen LogP contribution in [-0.4, -0.2) is 33.3 Å². The zero-order valence-corrected chi connectivity index (χ0v) is 17.2. The van der Waals surface area contributed by atoms with Crippen molar-refractivity contribution in [3.05, 3.63) is 102 Å². The Labute approximate surface area is 180 Å². The van der Waals surface area contributed by atoms with E-state index in [4.69, 9.17) is 0 Å². The van der Waals surface area contributed by atoms with E-state index in [1.165, 1.54) is 0 Å². The Morgan fingerprint density at radius 2 is 1.61 bits per heavy atom. The molecule has 7 heteroatoms. The molecule has 2 heterocycles. The van der Waals surface area contributed by atoms with Crippen molar-refractivity contribution in [2.45, 2.75) is 0 Å². The summed E-state index contributed by atoms with van der Waals surface area (Å²) >= 11 is 0. The van der Waals surface area contributed by atoms with Gasteiger partial charge in [-0.2, -0.15) is 0 Å². The van der Waals surface area contributed by atoms with Gasteiger partial charge in [0.25, 0.3) is 5.91 Å². The van der Waals surface area contributed by atoms with Crippen LogP contribution in [0.25, 0.3) is 0 Å². The van der Waals surface area contributed by atoms with Crippen LogP contribution in [0.5, 0.6) is 0 Å². The van der Waals surface area contributed by atoms with Gasteiger partial charge in [-0.1, -0.05) is 18.2 Å². The van der Waals surface area contributed by atoms with Crippen LogP contribution in [-0.2, 0) is 7.05 Å². The van der Waals surface area contributed by atoms with Crippen LogP contribution in [0.1, 0.15) is 26.5 Å². The van der Waals surface area contributed by atoms with E-state index >= 15 is 0 Å². The number of hydrogen-bond acceptors (Lipinski definition) is 5. The third-order valence-corrected chi connectivity index (χ3v) is 4.93. The molecule has 0 unspecified atom stereocenters. The van der Waals surface area contributed by atoms with Crippen molar-refractivity contribution in [1.29, 1.82) is 0 Å². The summed E-state index contributed by atoms with van der Waals surface area (Å²) in [6.45, 7) is 0. The summed E-state index contributed by atoms with van der Waals surface area (Å²) in [5.74, 6) is 0.653. The number of amides is 1. The van der Waals surface area contributed by atoms with E-state index in [1.54, 1.807) is 66.6 Å². The minimum absolute atomic E-state index is 0.173. The summed E-state index contributed by atoms with van der Waals surface area (Å²) in [5, 5.41) is 2.83. The van der Waals surface area contributed by atoms with Gasteiger partial charge in [0, 0.05) is 49.6 Å². The van der Waals surface area contributed by atoms with Crippen molar-refractivity contribution in [3.8, 4) is 0 Å². The molecule has 0 bridgehead atoms. The minimum atomic E-state index is -0.274. The maximum atomic E-state index is 12.6. The average Bonchev–Trinajstić information content (AvgIpc) is 3.25. The molecule has 0 radical (unpaired) electrons. The second-order valence-electron chi connectivity index (χ2n) is 7.02. The van der Waals surface area contributed by atoms with Gasteiger partial charge in [0.05, 0.1) is 5.56 Å². The molecule has 0 fully saturated rings. The molecule has 0 atom stereocenters. The molecule has 2 aromatic heterocycles. The predicted octanol–water partition coefficient (Wildman–Crippen LogP) is 4.07. The molecule has 0 aliphatic carbocycles. The van der Waals surface area contributed by atoms with Gasteiger partial charge in [-0.3, -0.25) is 9.59 Å². The Morgan fingerprint density at radius 3 is 2.23 bits per heavy atom. The fourth-order valence-electron chi connectivity index (χ4n) is 3.12. The lowest BCUT2D eigenvalue weighted by atomic mass is 10.1. The van der Waals surface area contributed by atoms with Crippen LogP contribution in [0.15, 0.2) is 85.3 Å². The largest absolute Gasteiger partial charge is 0.331 e. The Hall–Kier alpha value is -4.26. The smallest absolute Gasteiger partial charge is 0.257 e. The number of carbonyl (C=O) groups is 2. The summed E-state index contributed by atoms with van der Waals surface area (Å²) < 4.78 is 1.67. The Morgan fingerprint density at radius 1 is 0.903 bits per heavy atom. The number of para-hydroxylation sites is 1. The number of benzene rings is 2. The summed E-state index contributed by atoms with van der Waals surface area (Å²) in [5.41, 5.74) is 2.54. The number of anilines is 3. The van der Waals surface area contributed by atoms with E-state index in [9.17, 15) is 9.59 Å². The third kappa shape index (κ3) is 4.35. The summed E-state index contributed by atoms with van der Waals surface area (Å²) in [7, 11) is 3.69. The topological polar surface area (TPSA) is 80.1 Å². The summed E-state index contributed by atoms with van der Waals surface area (Å²) in [6.07, 6.45) is 4.85. The van der Waals surface area contributed by atoms with Gasteiger partial charge in [-0.15, -0.1) is 0 Å². The molecule has 0 aliphatic rings. The van der Waals surface area contributed by atoms with Crippen LogP contribution in [0.3, 0.4) is 0 Å². The molecule has 4 rings (SSSR count). The second-order valence-corrected chi connectivity index (χ2v) is 7.02. The van der Waals surface area contributed by atoms with Crippen molar-refractivity contribution in [2.24, 2.45) is 7.05 Å². The van der Waals surface area contributed by atoms with Crippen molar-refractivity contribution in [2.75, 3.05) is 17.3 Å². The van der Waals surface area contributed by atoms with Gasteiger partial charge < -0.3 is 14.8 Å². The maximum absolute atomic E-state index is 12.6. The number of rotatable bonds is 6. The van der Waals surface area contributed by atoms with E-state index in [-0.39, 0.29) is 11.7 Å². The van der Waals surface area contributed by atoms with E-state index in [0.29, 0.717) is 22.6 Å². The van der Waals surface area contributed by atoms with Gasteiger partial charge in [-0.05, 0) is 48.5 Å². The predicted molar refractivity (Wildman–Crippen MR) is 120 cm³/mol. The summed E-state index contributed by atoms with van der Waals surface area (Å²) in [4.78, 5) is 35.5. The molecule has 1 N–H and O–H groups in total. The third-order valence-electron chi connectivity index (χ3n) is 4.93. The normalized spacial score (nSPS) is 10.5. The van der Waals surface area contributed by atoms with E-state index in [2.05, 4.69) is 15.3 Å². The number of hydrogen-bond donors (Lipinski definition) is 1. The van der Waals surface area contributed by atoms with Gasteiger partial charge in [0.15, 0.2) is 5.82 Å². The van der Waals surface area contributed by atoms with Gasteiger partial charge in [0.2, 0.25) is 5.78 Å². The van der Waals surface area contributed by atoms with Crippen molar-refractivity contribution in [3.63, 3.8) is 0 Å². The molecule has 4 aromatic rings. The number of carbonyl (C=O) groups excluding carboxylic acids is 2. The number of aromatic nitrogens is 3. The Kier molecular flexibility index (Phi) is 5.57. The molecule has 7 nitrogen and oxygen atoms in total. The fourth-order valence-corrected chi connectivity index (χ4v) is 3.12. The number of nitrogens with zero attached hydrogens (tertiary/aromatic N) is 4. The van der Waals surface area contributed by atoms with E-state index < -0.39 is 0 Å². The fraction of sp³-hybridized carbons (Fsp3) is 0.0833. The molecular weight excluding hydrogens is 390 g/mol. The number of aryl methyl sites for hydroxylation is 1. The first-order valence-electron chi connectivity index (χ1n) is 9.71. The van der Waals surface area contributed by atoms with Gasteiger partial charge in [0.1, 0.15) is 5.82 Å². The zero-order valence-electron chi connectivity index (χ0n) is 17.2. The van der Waals surface area contributed by atoms with E-state index in [1.807, 2.05) is 42.3 Å². The Balaban J connectivity index is 1.42. The van der Waals surface area contributed by atoms with Crippen LogP contribution in [0.2, 0.25) is 0 Å². The molecule has 31 heavy (non-hydrogen) atoms. The second kappa shape index (κ2) is 8.62. The standard InChI is InChI=1S/C24H21N5O2/c1-28-15-14-25-23(28)22(30)17-8-11-19(12-9-17)27-24(31)18-10-13-21(26-16-18)29(2)20-6-4-3-5-7-20/h3-16H,1-2H3,(H,27,31). The van der Waals surface area contributed by atoms with Crippen molar-refractivity contribution < 1.29 is 9.59 Å². The average molecular weight is 411 g/mol. The van der Waals surface area contributed by atoms with Crippen molar-refractivity contribution >= 4 is 28.9 Å². The highest BCUT2D eigenvalue weighted by Gasteiger charge is 2.14. The SMILES string of the molecule is CN(c1ccccc1)c1ccc(C(=O)Nc2ccc(C(=O)c3nccn3C)cc2)cn1. The quantitative estimate of drug-likeness (QED) is 0.484. The first-order valence-corrected chi connectivity index (χ1v) is 9.71. The molecule has 0 saturated heterocycles.